The molecule has 0 radical (unpaired) electrons. The van der Waals surface area contributed by atoms with Crippen molar-refractivity contribution in [3.05, 3.63) is 71.1 Å². The third-order valence-electron chi connectivity index (χ3n) is 7.66. The van der Waals surface area contributed by atoms with Gasteiger partial charge in [-0.1, -0.05) is 30.7 Å². The Morgan fingerprint density at radius 1 is 1.09 bits per heavy atom. The van der Waals surface area contributed by atoms with Crippen LogP contribution in [0, 0.1) is 5.92 Å². The summed E-state index contributed by atoms with van der Waals surface area (Å²) in [5.74, 6) is 1.15. The molecule has 2 amide bonds. The molecule has 0 saturated heterocycles. The number of carbonyl (C=O) groups excluding carboxylic acids is 2. The van der Waals surface area contributed by atoms with Crippen LogP contribution in [-0.4, -0.2) is 39.4 Å². The summed E-state index contributed by atoms with van der Waals surface area (Å²) in [6, 6.07) is 15.2. The van der Waals surface area contributed by atoms with E-state index in [1.165, 1.54) is 0 Å². The lowest BCUT2D eigenvalue weighted by molar-refractivity contribution is -0.133. The van der Waals surface area contributed by atoms with E-state index < -0.39 is 5.54 Å². The fourth-order valence-corrected chi connectivity index (χ4v) is 5.53. The first kappa shape index (κ1) is 23.7. The van der Waals surface area contributed by atoms with Gasteiger partial charge < -0.3 is 19.2 Å². The van der Waals surface area contributed by atoms with Crippen LogP contribution in [0.4, 0.5) is 0 Å². The molecule has 1 aliphatic carbocycles. The molecule has 1 fully saturated rings. The fourth-order valence-electron chi connectivity index (χ4n) is 5.40. The molecule has 1 saturated carbocycles. The maximum atomic E-state index is 13.9. The highest BCUT2D eigenvalue weighted by Crippen LogP contribution is 2.34. The molecule has 184 valence electrons. The molecule has 0 unspecified atom stereocenters. The van der Waals surface area contributed by atoms with Crippen molar-refractivity contribution in [1.82, 2.24) is 14.8 Å². The Morgan fingerprint density at radius 2 is 1.80 bits per heavy atom. The van der Waals surface area contributed by atoms with Crippen LogP contribution < -0.4 is 5.32 Å². The maximum absolute atomic E-state index is 13.9. The Balaban J connectivity index is 1.45. The van der Waals surface area contributed by atoms with Crippen LogP contribution in [0.15, 0.2) is 59.2 Å². The van der Waals surface area contributed by atoms with Gasteiger partial charge in [-0.3, -0.25) is 9.59 Å². The molecular weight excluding hydrogens is 462 g/mol. The van der Waals surface area contributed by atoms with Crippen molar-refractivity contribution in [2.75, 3.05) is 6.54 Å². The Bertz CT molecular complexity index is 1190. The van der Waals surface area contributed by atoms with E-state index in [4.69, 9.17) is 16.0 Å². The molecule has 5 rings (SSSR count). The zero-order chi connectivity index (χ0) is 24.6. The lowest BCUT2D eigenvalue weighted by Gasteiger charge is -2.45. The summed E-state index contributed by atoms with van der Waals surface area (Å²) < 4.78 is 7.56. The Morgan fingerprint density at radius 3 is 2.49 bits per heavy atom. The molecule has 0 spiro atoms. The molecule has 1 aliphatic heterocycles. The Labute approximate surface area is 211 Å². The highest BCUT2D eigenvalue weighted by molar-refractivity contribution is 6.30. The summed E-state index contributed by atoms with van der Waals surface area (Å²) in [5, 5.41) is 3.97. The third-order valence-corrected chi connectivity index (χ3v) is 7.91. The number of nitrogens with one attached hydrogen (secondary N) is 1. The number of hydrogen-bond acceptors (Lipinski definition) is 3. The SMILES string of the molecule is CC1CCC(NC(=O)[C@]2(C)Cn3c(ccc3-c3ccco3)C(=O)N2CCc2ccc(Cl)cc2)CC1. The van der Waals surface area contributed by atoms with Gasteiger partial charge in [0.15, 0.2) is 0 Å². The van der Waals surface area contributed by atoms with Crippen LogP contribution in [0.3, 0.4) is 0 Å². The van der Waals surface area contributed by atoms with Crippen LogP contribution in [0.2, 0.25) is 5.02 Å². The molecule has 6 nitrogen and oxygen atoms in total. The Kier molecular flexibility index (Phi) is 6.49. The summed E-state index contributed by atoms with van der Waals surface area (Å²) in [6.07, 6.45) is 6.45. The van der Waals surface area contributed by atoms with E-state index in [2.05, 4.69) is 12.2 Å². The van der Waals surface area contributed by atoms with E-state index in [0.29, 0.717) is 41.9 Å². The van der Waals surface area contributed by atoms with Crippen molar-refractivity contribution in [3.8, 4) is 11.5 Å². The Hall–Kier alpha value is -2.99. The predicted molar refractivity (Wildman–Crippen MR) is 136 cm³/mol. The topological polar surface area (TPSA) is 67.5 Å². The van der Waals surface area contributed by atoms with E-state index in [1.54, 1.807) is 11.2 Å². The highest BCUT2D eigenvalue weighted by Gasteiger charge is 2.48. The first-order valence-electron chi connectivity index (χ1n) is 12.5. The van der Waals surface area contributed by atoms with Crippen LogP contribution in [-0.2, 0) is 17.8 Å². The zero-order valence-electron chi connectivity index (χ0n) is 20.3. The molecule has 2 aliphatic rings. The number of hydrogen-bond donors (Lipinski definition) is 1. The second-order valence-corrected chi connectivity index (χ2v) is 10.6. The zero-order valence-corrected chi connectivity index (χ0v) is 21.1. The van der Waals surface area contributed by atoms with Gasteiger partial charge >= 0.3 is 0 Å². The smallest absolute Gasteiger partial charge is 0.271 e. The lowest BCUT2D eigenvalue weighted by Crippen LogP contribution is -2.65. The van der Waals surface area contributed by atoms with Gasteiger partial charge in [0, 0.05) is 17.6 Å². The molecule has 1 aromatic carbocycles. The molecule has 3 aromatic rings. The maximum Gasteiger partial charge on any atom is 0.271 e. The van der Waals surface area contributed by atoms with Crippen LogP contribution in [0.25, 0.3) is 11.5 Å². The summed E-state index contributed by atoms with van der Waals surface area (Å²) in [6.45, 7) is 4.96. The minimum absolute atomic E-state index is 0.0914. The van der Waals surface area contributed by atoms with E-state index in [-0.39, 0.29) is 17.9 Å². The number of nitrogens with zero attached hydrogens (tertiary/aromatic N) is 2. The van der Waals surface area contributed by atoms with Gasteiger partial charge in [-0.15, -0.1) is 0 Å². The van der Waals surface area contributed by atoms with Gasteiger partial charge in [0.05, 0.1) is 18.5 Å². The summed E-state index contributed by atoms with van der Waals surface area (Å²) in [5.41, 5.74) is 1.42. The van der Waals surface area contributed by atoms with Gasteiger partial charge in [0.2, 0.25) is 5.91 Å². The van der Waals surface area contributed by atoms with Crippen molar-refractivity contribution in [3.63, 3.8) is 0 Å². The van der Waals surface area contributed by atoms with E-state index in [0.717, 1.165) is 36.9 Å². The van der Waals surface area contributed by atoms with Crippen LogP contribution in [0.1, 0.15) is 55.6 Å². The molecular formula is C28H32ClN3O3. The number of furan rings is 1. The lowest BCUT2D eigenvalue weighted by atomic mass is 9.86. The first-order valence-corrected chi connectivity index (χ1v) is 12.8. The van der Waals surface area contributed by atoms with Gasteiger partial charge in [-0.25, -0.2) is 0 Å². The van der Waals surface area contributed by atoms with Gasteiger partial charge in [0.1, 0.15) is 17.0 Å². The average molecular weight is 494 g/mol. The van der Waals surface area contributed by atoms with E-state index in [9.17, 15) is 9.59 Å². The number of halogens is 1. The van der Waals surface area contributed by atoms with Crippen molar-refractivity contribution >= 4 is 23.4 Å². The standard InChI is InChI=1S/C28H32ClN3O3/c1-19-5-11-22(12-6-19)30-27(34)28(2)18-31-23(25-4-3-17-35-25)13-14-24(31)26(33)32(28)16-15-20-7-9-21(29)10-8-20/h3-4,7-10,13-14,17,19,22H,5-6,11-12,15-16,18H2,1-2H3,(H,30,34)/t19?,22?,28-/m0/s1. The second-order valence-electron chi connectivity index (χ2n) is 10.2. The minimum Gasteiger partial charge on any atom is -0.463 e. The largest absolute Gasteiger partial charge is 0.463 e. The fraction of sp³-hybridized carbons (Fsp3) is 0.429. The van der Waals surface area contributed by atoms with Crippen molar-refractivity contribution < 1.29 is 14.0 Å². The van der Waals surface area contributed by atoms with Crippen molar-refractivity contribution in [2.45, 2.75) is 64.1 Å². The van der Waals surface area contributed by atoms with Gasteiger partial charge in [-0.2, -0.15) is 0 Å². The molecule has 3 heterocycles. The molecule has 2 aromatic heterocycles. The van der Waals surface area contributed by atoms with Gasteiger partial charge in [-0.05, 0) is 86.9 Å². The van der Waals surface area contributed by atoms with E-state index in [1.807, 2.05) is 60.0 Å². The third kappa shape index (κ3) is 4.64. The molecule has 1 N–H and O–H groups in total. The summed E-state index contributed by atoms with van der Waals surface area (Å²) >= 11 is 6.05. The normalized spacial score (nSPS) is 24.3. The highest BCUT2D eigenvalue weighted by atomic mass is 35.5. The monoisotopic (exact) mass is 493 g/mol. The van der Waals surface area contributed by atoms with Crippen LogP contribution in [0.5, 0.6) is 0 Å². The quantitative estimate of drug-likeness (QED) is 0.489. The number of rotatable bonds is 6. The number of fused-ring (bicyclic) bond motifs is 1. The minimum atomic E-state index is -1.03. The van der Waals surface area contributed by atoms with Crippen molar-refractivity contribution in [1.29, 1.82) is 0 Å². The number of benzene rings is 1. The molecule has 1 atom stereocenters. The van der Waals surface area contributed by atoms with E-state index >= 15 is 0 Å². The molecule has 7 heteroatoms. The second kappa shape index (κ2) is 9.57. The number of aromatic nitrogens is 1. The first-order chi connectivity index (χ1) is 16.8. The summed E-state index contributed by atoms with van der Waals surface area (Å²) in [7, 11) is 0. The molecule has 35 heavy (non-hydrogen) atoms. The number of carbonyl (C=O) groups is 2. The summed E-state index contributed by atoms with van der Waals surface area (Å²) in [4.78, 5) is 29.4. The molecule has 0 bridgehead atoms. The number of amides is 2. The van der Waals surface area contributed by atoms with Crippen molar-refractivity contribution in [2.24, 2.45) is 5.92 Å². The predicted octanol–water partition coefficient (Wildman–Crippen LogP) is 5.55. The van der Waals surface area contributed by atoms with Crippen LogP contribution >= 0.6 is 11.6 Å². The average Bonchev–Trinajstić information content (AvgIpc) is 3.51. The van der Waals surface area contributed by atoms with Gasteiger partial charge in [0.25, 0.3) is 5.91 Å².